The van der Waals surface area contributed by atoms with Crippen molar-refractivity contribution in [1.82, 2.24) is 15.3 Å². The molecule has 5 heteroatoms. The molecule has 0 unspecified atom stereocenters. The van der Waals surface area contributed by atoms with Gasteiger partial charge in [-0.3, -0.25) is 4.79 Å². The summed E-state index contributed by atoms with van der Waals surface area (Å²) in [5.74, 6) is 0.812. The molecular weight excluding hydrogens is 254 g/mol. The standard InChI is InChI=1S/C15H19N3O2/c19-10-15(8-3-9-15)18-14(20)7-6-13-16-11-4-1-2-5-12(11)17-13/h1-2,4-5,19H,3,6-10H2,(H,16,17)(H,18,20). The molecule has 106 valence electrons. The van der Waals surface area contributed by atoms with Crippen LogP contribution in [0.4, 0.5) is 0 Å². The van der Waals surface area contributed by atoms with Gasteiger partial charge < -0.3 is 15.4 Å². The van der Waals surface area contributed by atoms with E-state index >= 15 is 0 Å². The summed E-state index contributed by atoms with van der Waals surface area (Å²) in [4.78, 5) is 19.6. The fraction of sp³-hybridized carbons (Fsp3) is 0.467. The van der Waals surface area contributed by atoms with Crippen molar-refractivity contribution in [3.63, 3.8) is 0 Å². The molecule has 0 spiro atoms. The van der Waals surface area contributed by atoms with Crippen molar-refractivity contribution in [2.45, 2.75) is 37.6 Å². The van der Waals surface area contributed by atoms with E-state index in [1.54, 1.807) is 0 Å². The van der Waals surface area contributed by atoms with Crippen molar-refractivity contribution in [2.24, 2.45) is 0 Å². The number of hydrogen-bond acceptors (Lipinski definition) is 3. The van der Waals surface area contributed by atoms with Gasteiger partial charge in [-0.25, -0.2) is 4.98 Å². The highest BCUT2D eigenvalue weighted by molar-refractivity contribution is 5.78. The molecule has 1 amide bonds. The number of aliphatic hydroxyl groups is 1. The number of aromatic amines is 1. The minimum Gasteiger partial charge on any atom is -0.394 e. The number of nitrogens with zero attached hydrogens (tertiary/aromatic N) is 1. The van der Waals surface area contributed by atoms with Gasteiger partial charge in [0.2, 0.25) is 5.91 Å². The largest absolute Gasteiger partial charge is 0.394 e. The van der Waals surface area contributed by atoms with Gasteiger partial charge in [0.25, 0.3) is 0 Å². The summed E-state index contributed by atoms with van der Waals surface area (Å²) in [6, 6.07) is 7.82. The highest BCUT2D eigenvalue weighted by atomic mass is 16.3. The Bertz CT molecular complexity index is 578. The number of nitrogens with one attached hydrogen (secondary N) is 2. The van der Waals surface area contributed by atoms with Crippen molar-refractivity contribution in [3.8, 4) is 0 Å². The molecule has 1 heterocycles. The SMILES string of the molecule is O=C(CCc1nc2ccccc2[nH]1)NC1(CO)CCC1. The van der Waals surface area contributed by atoms with Gasteiger partial charge in [-0.15, -0.1) is 0 Å². The molecule has 5 nitrogen and oxygen atoms in total. The van der Waals surface area contributed by atoms with Gasteiger partial charge in [-0.05, 0) is 31.4 Å². The summed E-state index contributed by atoms with van der Waals surface area (Å²) in [6.07, 6.45) is 3.80. The van der Waals surface area contributed by atoms with Crippen LogP contribution in [0.25, 0.3) is 11.0 Å². The number of aryl methyl sites for hydroxylation is 1. The molecular formula is C15H19N3O2. The maximum absolute atomic E-state index is 11.9. The number of amides is 1. The fourth-order valence-electron chi connectivity index (χ4n) is 2.64. The molecule has 2 aromatic rings. The first-order valence-electron chi connectivity index (χ1n) is 7.06. The number of rotatable bonds is 5. The Morgan fingerprint density at radius 1 is 1.40 bits per heavy atom. The van der Waals surface area contributed by atoms with E-state index in [9.17, 15) is 9.90 Å². The molecule has 0 saturated heterocycles. The van der Waals surface area contributed by atoms with Crippen LogP contribution >= 0.6 is 0 Å². The summed E-state index contributed by atoms with van der Waals surface area (Å²) in [6.45, 7) is 0.0311. The Hall–Kier alpha value is -1.88. The highest BCUT2D eigenvalue weighted by Gasteiger charge is 2.37. The molecule has 0 atom stereocenters. The van der Waals surface area contributed by atoms with Crippen LogP contribution in [0, 0.1) is 0 Å². The minimum atomic E-state index is -0.356. The van der Waals surface area contributed by atoms with Gasteiger partial charge in [-0.1, -0.05) is 12.1 Å². The second kappa shape index (κ2) is 5.25. The second-order valence-electron chi connectivity index (χ2n) is 5.54. The average molecular weight is 273 g/mol. The number of H-pyrrole nitrogens is 1. The number of aromatic nitrogens is 2. The zero-order chi connectivity index (χ0) is 14.0. The first-order valence-corrected chi connectivity index (χ1v) is 7.06. The Morgan fingerprint density at radius 3 is 2.85 bits per heavy atom. The van der Waals surface area contributed by atoms with Crippen molar-refractivity contribution in [2.75, 3.05) is 6.61 Å². The maximum atomic E-state index is 11.9. The van der Waals surface area contributed by atoms with E-state index in [0.717, 1.165) is 36.1 Å². The summed E-state index contributed by atoms with van der Waals surface area (Å²) in [7, 11) is 0. The molecule has 0 aliphatic heterocycles. The first kappa shape index (κ1) is 13.1. The topological polar surface area (TPSA) is 78.0 Å². The van der Waals surface area contributed by atoms with E-state index in [0.29, 0.717) is 12.8 Å². The number of imidazole rings is 1. The zero-order valence-corrected chi connectivity index (χ0v) is 11.4. The molecule has 1 aliphatic rings. The summed E-state index contributed by atoms with van der Waals surface area (Å²) in [5.41, 5.74) is 1.56. The smallest absolute Gasteiger partial charge is 0.220 e. The second-order valence-corrected chi connectivity index (χ2v) is 5.54. The van der Waals surface area contributed by atoms with Crippen LogP contribution in [0.1, 0.15) is 31.5 Å². The van der Waals surface area contributed by atoms with Gasteiger partial charge in [0.1, 0.15) is 5.82 Å². The maximum Gasteiger partial charge on any atom is 0.220 e. The normalized spacial score (nSPS) is 16.9. The number of para-hydroxylation sites is 2. The Kier molecular flexibility index (Phi) is 3.44. The van der Waals surface area contributed by atoms with E-state index in [4.69, 9.17) is 0 Å². The number of hydrogen-bond donors (Lipinski definition) is 3. The van der Waals surface area contributed by atoms with Crippen LogP contribution < -0.4 is 5.32 Å². The minimum absolute atomic E-state index is 0.0146. The van der Waals surface area contributed by atoms with Crippen molar-refractivity contribution in [1.29, 1.82) is 0 Å². The number of benzene rings is 1. The monoisotopic (exact) mass is 273 g/mol. The molecule has 1 aromatic heterocycles. The Morgan fingerprint density at radius 2 is 2.20 bits per heavy atom. The number of fused-ring (bicyclic) bond motifs is 1. The van der Waals surface area contributed by atoms with Gasteiger partial charge in [0.05, 0.1) is 23.2 Å². The lowest BCUT2D eigenvalue weighted by atomic mass is 9.77. The van der Waals surface area contributed by atoms with Crippen LogP contribution in [0.2, 0.25) is 0 Å². The molecule has 1 aromatic carbocycles. The van der Waals surface area contributed by atoms with Gasteiger partial charge >= 0.3 is 0 Å². The third-order valence-electron chi connectivity index (χ3n) is 4.05. The quantitative estimate of drug-likeness (QED) is 0.773. The van der Waals surface area contributed by atoms with Crippen LogP contribution in [0.3, 0.4) is 0 Å². The van der Waals surface area contributed by atoms with Crippen molar-refractivity contribution >= 4 is 16.9 Å². The van der Waals surface area contributed by atoms with E-state index in [1.807, 2.05) is 24.3 Å². The lowest BCUT2D eigenvalue weighted by Gasteiger charge is -2.40. The lowest BCUT2D eigenvalue weighted by Crippen LogP contribution is -2.56. The molecule has 3 N–H and O–H groups in total. The van der Waals surface area contributed by atoms with Gasteiger partial charge in [0, 0.05) is 12.8 Å². The van der Waals surface area contributed by atoms with E-state index in [1.165, 1.54) is 0 Å². The molecule has 20 heavy (non-hydrogen) atoms. The van der Waals surface area contributed by atoms with E-state index < -0.39 is 0 Å². The third kappa shape index (κ3) is 2.54. The van der Waals surface area contributed by atoms with Crippen LogP contribution in [-0.2, 0) is 11.2 Å². The van der Waals surface area contributed by atoms with Gasteiger partial charge in [0.15, 0.2) is 0 Å². The molecule has 3 rings (SSSR count). The van der Waals surface area contributed by atoms with E-state index in [2.05, 4.69) is 15.3 Å². The van der Waals surface area contributed by atoms with Crippen molar-refractivity contribution in [3.05, 3.63) is 30.1 Å². The summed E-state index contributed by atoms with van der Waals surface area (Å²) < 4.78 is 0. The zero-order valence-electron chi connectivity index (χ0n) is 11.4. The molecule has 0 radical (unpaired) electrons. The lowest BCUT2D eigenvalue weighted by molar-refractivity contribution is -0.125. The summed E-state index contributed by atoms with van der Waals surface area (Å²) in [5, 5.41) is 12.3. The predicted molar refractivity (Wildman–Crippen MR) is 76.2 cm³/mol. The highest BCUT2D eigenvalue weighted by Crippen LogP contribution is 2.31. The number of carbonyl (C=O) groups excluding carboxylic acids is 1. The molecule has 1 saturated carbocycles. The van der Waals surface area contributed by atoms with Gasteiger partial charge in [-0.2, -0.15) is 0 Å². The first-order chi connectivity index (χ1) is 9.71. The number of aliphatic hydroxyl groups excluding tert-OH is 1. The molecule has 1 fully saturated rings. The van der Waals surface area contributed by atoms with Crippen LogP contribution in [0.15, 0.2) is 24.3 Å². The summed E-state index contributed by atoms with van der Waals surface area (Å²) >= 11 is 0. The molecule has 0 bridgehead atoms. The van der Waals surface area contributed by atoms with E-state index in [-0.39, 0.29) is 18.1 Å². The number of carbonyl (C=O) groups is 1. The predicted octanol–water partition coefficient (Wildman–Crippen LogP) is 1.53. The van der Waals surface area contributed by atoms with Crippen LogP contribution in [0.5, 0.6) is 0 Å². The fourth-order valence-corrected chi connectivity index (χ4v) is 2.64. The van der Waals surface area contributed by atoms with Crippen LogP contribution in [-0.4, -0.2) is 33.1 Å². The molecule has 1 aliphatic carbocycles. The Balaban J connectivity index is 1.57. The third-order valence-corrected chi connectivity index (χ3v) is 4.05. The Labute approximate surface area is 117 Å². The van der Waals surface area contributed by atoms with Crippen molar-refractivity contribution < 1.29 is 9.90 Å². The average Bonchev–Trinajstić information content (AvgIpc) is 2.83.